The van der Waals surface area contributed by atoms with Gasteiger partial charge in [-0.15, -0.1) is 0 Å². The van der Waals surface area contributed by atoms with Crippen LogP contribution in [0.25, 0.3) is 0 Å². The van der Waals surface area contributed by atoms with Gasteiger partial charge in [0.15, 0.2) is 5.82 Å². The van der Waals surface area contributed by atoms with Crippen molar-refractivity contribution in [2.45, 2.75) is 44.1 Å². The van der Waals surface area contributed by atoms with Crippen LogP contribution in [0.2, 0.25) is 0 Å². The van der Waals surface area contributed by atoms with Crippen molar-refractivity contribution in [3.05, 3.63) is 35.7 Å². The smallest absolute Gasteiger partial charge is 0.407 e. The van der Waals surface area contributed by atoms with Crippen molar-refractivity contribution >= 4 is 17.8 Å². The number of halogens is 2. The van der Waals surface area contributed by atoms with E-state index in [2.05, 4.69) is 20.5 Å². The molecule has 0 bridgehead atoms. The fraction of sp³-hybridized carbons (Fsp3) is 0.474. The molecule has 0 unspecified atom stereocenters. The second kappa shape index (κ2) is 9.99. The second-order valence-electron chi connectivity index (χ2n) is 6.95. The van der Waals surface area contributed by atoms with E-state index in [0.717, 1.165) is 17.7 Å². The normalized spacial score (nSPS) is 18.3. The van der Waals surface area contributed by atoms with Gasteiger partial charge in [0.1, 0.15) is 6.10 Å². The van der Waals surface area contributed by atoms with Crippen molar-refractivity contribution in [3.8, 4) is 5.88 Å². The summed E-state index contributed by atoms with van der Waals surface area (Å²) in [6.45, 7) is -0.731. The van der Waals surface area contributed by atoms with Crippen molar-refractivity contribution in [1.82, 2.24) is 20.5 Å². The van der Waals surface area contributed by atoms with Gasteiger partial charge in [0, 0.05) is 29.9 Å². The number of aromatic nitrogens is 3. The molecule has 0 radical (unpaired) electrons. The Labute approximate surface area is 171 Å². The van der Waals surface area contributed by atoms with E-state index >= 15 is 0 Å². The molecule has 30 heavy (non-hydrogen) atoms. The molecule has 9 nitrogen and oxygen atoms in total. The highest BCUT2D eigenvalue weighted by atomic mass is 19.3. The molecule has 1 aliphatic rings. The Morgan fingerprint density at radius 3 is 2.87 bits per heavy atom. The number of amides is 2. The van der Waals surface area contributed by atoms with Crippen molar-refractivity contribution in [2.75, 3.05) is 19.0 Å². The Hall–Kier alpha value is -3.24. The topological polar surface area (TPSA) is 118 Å². The van der Waals surface area contributed by atoms with Gasteiger partial charge in [0.05, 0.1) is 20.1 Å². The van der Waals surface area contributed by atoms with Crippen LogP contribution in [0.1, 0.15) is 36.4 Å². The van der Waals surface area contributed by atoms with E-state index in [4.69, 9.17) is 9.47 Å². The summed E-state index contributed by atoms with van der Waals surface area (Å²) in [4.78, 5) is 27.8. The van der Waals surface area contributed by atoms with Crippen LogP contribution in [0.3, 0.4) is 0 Å². The minimum absolute atomic E-state index is 0.0711. The van der Waals surface area contributed by atoms with Crippen LogP contribution in [0.4, 0.5) is 19.4 Å². The summed E-state index contributed by atoms with van der Waals surface area (Å²) in [5.41, 5.74) is 1.56. The van der Waals surface area contributed by atoms with Crippen LogP contribution < -0.4 is 15.4 Å². The molecule has 162 valence electrons. The van der Waals surface area contributed by atoms with Crippen molar-refractivity contribution in [2.24, 2.45) is 0 Å². The number of nitrogens with zero attached hydrogens (tertiary/aromatic N) is 2. The fourth-order valence-corrected chi connectivity index (χ4v) is 3.30. The zero-order valence-corrected chi connectivity index (χ0v) is 16.4. The molecule has 2 aromatic heterocycles. The fourth-order valence-electron chi connectivity index (χ4n) is 3.30. The highest BCUT2D eigenvalue weighted by molar-refractivity contribution is 5.91. The second-order valence-corrected chi connectivity index (χ2v) is 6.95. The first-order chi connectivity index (χ1) is 14.4. The number of H-pyrrole nitrogens is 1. The number of rotatable bonds is 8. The van der Waals surface area contributed by atoms with Crippen LogP contribution in [0.15, 0.2) is 24.4 Å². The molecular weight excluding hydrogens is 400 g/mol. The lowest BCUT2D eigenvalue weighted by molar-refractivity contribution is -0.115. The van der Waals surface area contributed by atoms with Crippen molar-refractivity contribution in [1.29, 1.82) is 0 Å². The first kappa shape index (κ1) is 21.5. The summed E-state index contributed by atoms with van der Waals surface area (Å²) in [6, 6.07) is 5.19. The predicted molar refractivity (Wildman–Crippen MR) is 103 cm³/mol. The van der Waals surface area contributed by atoms with Gasteiger partial charge in [0.2, 0.25) is 11.8 Å². The van der Waals surface area contributed by atoms with Gasteiger partial charge in [-0.3, -0.25) is 9.89 Å². The maximum absolute atomic E-state index is 12.2. The maximum atomic E-state index is 12.2. The number of anilines is 1. The SMILES string of the molecule is COc1ccc(CC(=O)Nc2cc([C@H]3CC[C@@H](OC(=O)NCC(F)F)C3)[nH]n2)cn1. The molecule has 0 spiro atoms. The monoisotopic (exact) mass is 423 g/mol. The number of carbonyl (C=O) groups excluding carboxylic acids is 2. The van der Waals surface area contributed by atoms with E-state index < -0.39 is 19.1 Å². The molecule has 2 atom stereocenters. The predicted octanol–water partition coefficient (Wildman–Crippen LogP) is 2.62. The largest absolute Gasteiger partial charge is 0.481 e. The number of aromatic amines is 1. The third-order valence-electron chi connectivity index (χ3n) is 4.74. The Morgan fingerprint density at radius 2 is 2.17 bits per heavy atom. The van der Waals surface area contributed by atoms with Crippen LogP contribution in [0, 0.1) is 0 Å². The molecular formula is C19H23F2N5O4. The van der Waals surface area contributed by atoms with Gasteiger partial charge in [-0.2, -0.15) is 5.10 Å². The average Bonchev–Trinajstić information content (AvgIpc) is 3.36. The minimum atomic E-state index is -2.62. The molecule has 2 amide bonds. The Balaban J connectivity index is 1.46. The van der Waals surface area contributed by atoms with Crippen LogP contribution in [0.5, 0.6) is 5.88 Å². The number of carbonyl (C=O) groups is 2. The summed E-state index contributed by atoms with van der Waals surface area (Å²) >= 11 is 0. The number of ether oxygens (including phenoxy) is 2. The molecule has 0 saturated heterocycles. The summed E-state index contributed by atoms with van der Waals surface area (Å²) in [5.74, 6) is 0.710. The third-order valence-corrected chi connectivity index (χ3v) is 4.74. The lowest BCUT2D eigenvalue weighted by Crippen LogP contribution is -2.31. The standard InChI is InChI=1S/C19H23F2N5O4/c1-29-18-5-2-11(9-22-18)6-17(27)24-16-8-14(25-26-16)12-3-4-13(7-12)30-19(28)23-10-15(20)21/h2,5,8-9,12-13,15H,3-4,6-7,10H2,1H3,(H,23,28)(H2,24,25,26,27)/t12-,13+/m0/s1. The third kappa shape index (κ3) is 6.13. The van der Waals surface area contributed by atoms with Gasteiger partial charge in [0.25, 0.3) is 6.43 Å². The zero-order valence-electron chi connectivity index (χ0n) is 16.4. The lowest BCUT2D eigenvalue weighted by Gasteiger charge is -2.13. The maximum Gasteiger partial charge on any atom is 0.407 e. The number of hydrogen-bond acceptors (Lipinski definition) is 6. The van der Waals surface area contributed by atoms with Gasteiger partial charge in [-0.1, -0.05) is 6.07 Å². The first-order valence-electron chi connectivity index (χ1n) is 9.49. The summed E-state index contributed by atoms with van der Waals surface area (Å²) in [6.07, 6.45) is -0.166. The van der Waals surface area contributed by atoms with E-state index in [1.807, 2.05) is 5.32 Å². The number of pyridine rings is 1. The number of alkyl halides is 2. The van der Waals surface area contributed by atoms with Gasteiger partial charge in [-0.05, 0) is 24.8 Å². The summed E-state index contributed by atoms with van der Waals surface area (Å²) in [7, 11) is 1.52. The van der Waals surface area contributed by atoms with E-state index in [1.54, 1.807) is 24.4 Å². The molecule has 11 heteroatoms. The van der Waals surface area contributed by atoms with Gasteiger partial charge in [-0.25, -0.2) is 18.6 Å². The highest BCUT2D eigenvalue weighted by Crippen LogP contribution is 2.35. The van der Waals surface area contributed by atoms with Crippen LogP contribution in [-0.2, 0) is 16.0 Å². The lowest BCUT2D eigenvalue weighted by atomic mass is 10.0. The number of methoxy groups -OCH3 is 1. The summed E-state index contributed by atoms with van der Waals surface area (Å²) in [5, 5.41) is 11.8. The van der Waals surface area contributed by atoms with Crippen LogP contribution >= 0.6 is 0 Å². The molecule has 2 aromatic rings. The van der Waals surface area contributed by atoms with Gasteiger partial charge >= 0.3 is 6.09 Å². The number of nitrogens with one attached hydrogen (secondary N) is 3. The van der Waals surface area contributed by atoms with E-state index in [9.17, 15) is 18.4 Å². The molecule has 3 N–H and O–H groups in total. The van der Waals surface area contributed by atoms with Crippen molar-refractivity contribution < 1.29 is 27.8 Å². The summed E-state index contributed by atoms with van der Waals surface area (Å²) < 4.78 is 34.4. The molecule has 0 aromatic carbocycles. The molecule has 0 aliphatic heterocycles. The highest BCUT2D eigenvalue weighted by Gasteiger charge is 2.30. The Morgan fingerprint density at radius 1 is 1.33 bits per heavy atom. The number of alkyl carbamates (subject to hydrolysis) is 1. The van der Waals surface area contributed by atoms with Crippen LogP contribution in [-0.4, -0.2) is 53.4 Å². The van der Waals surface area contributed by atoms with E-state index in [-0.39, 0.29) is 24.3 Å². The zero-order chi connectivity index (χ0) is 21.5. The molecule has 1 fully saturated rings. The number of hydrogen-bond donors (Lipinski definition) is 3. The first-order valence-corrected chi connectivity index (χ1v) is 9.49. The Kier molecular flexibility index (Phi) is 7.15. The quantitative estimate of drug-likeness (QED) is 0.601. The molecule has 1 saturated carbocycles. The molecule has 1 aliphatic carbocycles. The Bertz CT molecular complexity index is 859. The molecule has 2 heterocycles. The minimum Gasteiger partial charge on any atom is -0.481 e. The van der Waals surface area contributed by atoms with E-state index in [1.165, 1.54) is 7.11 Å². The molecule has 3 rings (SSSR count). The van der Waals surface area contributed by atoms with Crippen molar-refractivity contribution in [3.63, 3.8) is 0 Å². The van der Waals surface area contributed by atoms with Gasteiger partial charge < -0.3 is 20.1 Å². The average molecular weight is 423 g/mol. The van der Waals surface area contributed by atoms with E-state index in [0.29, 0.717) is 24.5 Å².